The molecule has 2 N–H and O–H groups in total. The van der Waals surface area contributed by atoms with Gasteiger partial charge in [0.2, 0.25) is 5.91 Å². The first-order chi connectivity index (χ1) is 7.52. The summed E-state index contributed by atoms with van der Waals surface area (Å²) in [7, 11) is 0. The molecule has 0 aliphatic rings. The van der Waals surface area contributed by atoms with Gasteiger partial charge in [-0.3, -0.25) is 4.79 Å². The van der Waals surface area contributed by atoms with Crippen molar-refractivity contribution in [1.82, 2.24) is 5.32 Å². The number of rotatable bonds is 4. The molecule has 5 heteroatoms. The molecule has 1 atom stereocenters. The van der Waals surface area contributed by atoms with Crippen LogP contribution in [-0.4, -0.2) is 18.5 Å². The Morgan fingerprint density at radius 3 is 2.38 bits per heavy atom. The lowest BCUT2D eigenvalue weighted by atomic mass is 10.2. The second-order valence-corrected chi connectivity index (χ2v) is 3.42. The summed E-state index contributed by atoms with van der Waals surface area (Å²) in [4.78, 5) is 11.4. The van der Waals surface area contributed by atoms with Gasteiger partial charge in [-0.05, 0) is 26.0 Å². The number of hydrogen-bond donors (Lipinski definition) is 2. The number of nitrogens with one attached hydrogen (secondary N) is 2. The van der Waals surface area contributed by atoms with E-state index < -0.39 is 17.7 Å². The van der Waals surface area contributed by atoms with Crippen LogP contribution >= 0.6 is 0 Å². The SMILES string of the molecule is CCNC(=O)C(C)Nc1cc(F)cc(F)c1. The number of anilines is 1. The molecule has 0 saturated carbocycles. The van der Waals surface area contributed by atoms with E-state index in [0.717, 1.165) is 18.2 Å². The van der Waals surface area contributed by atoms with E-state index in [0.29, 0.717) is 6.54 Å². The molecule has 0 aliphatic carbocycles. The van der Waals surface area contributed by atoms with E-state index in [2.05, 4.69) is 10.6 Å². The number of carbonyl (C=O) groups is 1. The van der Waals surface area contributed by atoms with Crippen LogP contribution in [-0.2, 0) is 4.79 Å². The minimum absolute atomic E-state index is 0.216. The van der Waals surface area contributed by atoms with Gasteiger partial charge in [-0.2, -0.15) is 0 Å². The van der Waals surface area contributed by atoms with Crippen molar-refractivity contribution in [3.63, 3.8) is 0 Å². The number of carbonyl (C=O) groups excluding carboxylic acids is 1. The van der Waals surface area contributed by atoms with Gasteiger partial charge < -0.3 is 10.6 Å². The first-order valence-corrected chi connectivity index (χ1v) is 5.03. The summed E-state index contributed by atoms with van der Waals surface area (Å²) in [6.45, 7) is 3.93. The summed E-state index contributed by atoms with van der Waals surface area (Å²) in [5.41, 5.74) is 0.247. The van der Waals surface area contributed by atoms with Crippen LogP contribution in [0.5, 0.6) is 0 Å². The van der Waals surface area contributed by atoms with Crippen LogP contribution in [0.25, 0.3) is 0 Å². The van der Waals surface area contributed by atoms with Gasteiger partial charge in [0.1, 0.15) is 17.7 Å². The number of halogens is 2. The molecule has 1 rings (SSSR count). The number of benzene rings is 1. The Balaban J connectivity index is 2.69. The largest absolute Gasteiger partial charge is 0.374 e. The van der Waals surface area contributed by atoms with Crippen molar-refractivity contribution in [2.75, 3.05) is 11.9 Å². The molecule has 0 spiro atoms. The Morgan fingerprint density at radius 2 is 1.88 bits per heavy atom. The van der Waals surface area contributed by atoms with Crippen LogP contribution in [0.3, 0.4) is 0 Å². The predicted molar refractivity (Wildman–Crippen MR) is 58.1 cm³/mol. The predicted octanol–water partition coefficient (Wildman–Crippen LogP) is 1.90. The third kappa shape index (κ3) is 3.49. The van der Waals surface area contributed by atoms with E-state index in [1.54, 1.807) is 13.8 Å². The number of likely N-dealkylation sites (N-methyl/N-ethyl adjacent to an activating group) is 1. The lowest BCUT2D eigenvalue weighted by Gasteiger charge is -2.14. The van der Waals surface area contributed by atoms with Crippen molar-refractivity contribution in [3.8, 4) is 0 Å². The summed E-state index contributed by atoms with van der Waals surface area (Å²) in [6, 6.07) is 2.51. The molecule has 0 bridgehead atoms. The Morgan fingerprint density at radius 1 is 1.31 bits per heavy atom. The van der Waals surface area contributed by atoms with Crippen LogP contribution in [0.2, 0.25) is 0 Å². The fourth-order valence-electron chi connectivity index (χ4n) is 1.28. The van der Waals surface area contributed by atoms with Crippen molar-refractivity contribution in [2.45, 2.75) is 19.9 Å². The van der Waals surface area contributed by atoms with Gasteiger partial charge in [-0.1, -0.05) is 0 Å². The molecule has 0 saturated heterocycles. The zero-order valence-corrected chi connectivity index (χ0v) is 9.18. The van der Waals surface area contributed by atoms with Crippen molar-refractivity contribution in [2.24, 2.45) is 0 Å². The van der Waals surface area contributed by atoms with Gasteiger partial charge in [0.25, 0.3) is 0 Å². The van der Waals surface area contributed by atoms with E-state index in [1.807, 2.05) is 0 Å². The van der Waals surface area contributed by atoms with Crippen molar-refractivity contribution in [1.29, 1.82) is 0 Å². The first kappa shape index (κ1) is 12.4. The second kappa shape index (κ2) is 5.44. The highest BCUT2D eigenvalue weighted by Crippen LogP contribution is 2.13. The highest BCUT2D eigenvalue weighted by Gasteiger charge is 2.11. The van der Waals surface area contributed by atoms with Crippen molar-refractivity contribution >= 4 is 11.6 Å². The van der Waals surface area contributed by atoms with Crippen molar-refractivity contribution < 1.29 is 13.6 Å². The topological polar surface area (TPSA) is 41.1 Å². The van der Waals surface area contributed by atoms with Gasteiger partial charge in [0.05, 0.1) is 0 Å². The molecule has 0 radical (unpaired) electrons. The Labute approximate surface area is 92.8 Å². The quantitative estimate of drug-likeness (QED) is 0.826. The molecule has 16 heavy (non-hydrogen) atoms. The van der Waals surface area contributed by atoms with Gasteiger partial charge in [-0.25, -0.2) is 8.78 Å². The first-order valence-electron chi connectivity index (χ1n) is 5.03. The molecule has 0 aliphatic heterocycles. The van der Waals surface area contributed by atoms with Crippen LogP contribution in [0.15, 0.2) is 18.2 Å². The van der Waals surface area contributed by atoms with Crippen LogP contribution < -0.4 is 10.6 Å². The fourth-order valence-corrected chi connectivity index (χ4v) is 1.28. The summed E-state index contributed by atoms with van der Waals surface area (Å²) >= 11 is 0. The minimum atomic E-state index is -0.675. The minimum Gasteiger partial charge on any atom is -0.374 e. The van der Waals surface area contributed by atoms with Gasteiger partial charge >= 0.3 is 0 Å². The maximum Gasteiger partial charge on any atom is 0.242 e. The Bertz CT molecular complexity index is 362. The summed E-state index contributed by atoms with van der Waals surface area (Å²) in [6.07, 6.45) is 0. The molecule has 88 valence electrons. The number of amides is 1. The molecular formula is C11H14F2N2O. The lowest BCUT2D eigenvalue weighted by Crippen LogP contribution is -2.37. The van der Waals surface area contributed by atoms with Crippen molar-refractivity contribution in [3.05, 3.63) is 29.8 Å². The van der Waals surface area contributed by atoms with Crippen LogP contribution in [0, 0.1) is 11.6 Å². The standard InChI is InChI=1S/C11H14F2N2O/c1-3-14-11(16)7(2)15-10-5-8(12)4-9(13)6-10/h4-7,15H,3H2,1-2H3,(H,14,16). The van der Waals surface area contributed by atoms with Crippen LogP contribution in [0.4, 0.5) is 14.5 Å². The molecular weight excluding hydrogens is 214 g/mol. The molecule has 3 nitrogen and oxygen atoms in total. The molecule has 1 aromatic rings. The monoisotopic (exact) mass is 228 g/mol. The fraction of sp³-hybridized carbons (Fsp3) is 0.364. The average molecular weight is 228 g/mol. The van der Waals surface area contributed by atoms with E-state index in [9.17, 15) is 13.6 Å². The molecule has 0 fully saturated rings. The smallest absolute Gasteiger partial charge is 0.242 e. The molecule has 0 aromatic heterocycles. The second-order valence-electron chi connectivity index (χ2n) is 3.42. The third-order valence-electron chi connectivity index (χ3n) is 1.99. The summed E-state index contributed by atoms with van der Waals surface area (Å²) in [5, 5.41) is 5.32. The molecule has 1 unspecified atom stereocenters. The Kier molecular flexibility index (Phi) is 4.22. The maximum atomic E-state index is 12.8. The average Bonchev–Trinajstić information content (AvgIpc) is 2.16. The van der Waals surface area contributed by atoms with Gasteiger partial charge in [0.15, 0.2) is 0 Å². The maximum absolute atomic E-state index is 12.8. The van der Waals surface area contributed by atoms with Crippen LogP contribution in [0.1, 0.15) is 13.8 Å². The number of hydrogen-bond acceptors (Lipinski definition) is 2. The molecule has 1 aromatic carbocycles. The molecule has 0 heterocycles. The summed E-state index contributed by atoms with van der Waals surface area (Å²) < 4.78 is 25.7. The van der Waals surface area contributed by atoms with E-state index in [1.165, 1.54) is 0 Å². The zero-order chi connectivity index (χ0) is 12.1. The third-order valence-corrected chi connectivity index (χ3v) is 1.99. The highest BCUT2D eigenvalue weighted by molar-refractivity contribution is 5.84. The highest BCUT2D eigenvalue weighted by atomic mass is 19.1. The van der Waals surface area contributed by atoms with Gasteiger partial charge in [-0.15, -0.1) is 0 Å². The van der Waals surface area contributed by atoms with Gasteiger partial charge in [0, 0.05) is 18.3 Å². The Hall–Kier alpha value is -1.65. The zero-order valence-electron chi connectivity index (χ0n) is 9.18. The van der Waals surface area contributed by atoms with E-state index in [4.69, 9.17) is 0 Å². The summed E-state index contributed by atoms with van der Waals surface area (Å²) in [5.74, 6) is -1.57. The van der Waals surface area contributed by atoms with E-state index in [-0.39, 0.29) is 11.6 Å². The normalized spacial score (nSPS) is 12.0. The molecule has 1 amide bonds. The lowest BCUT2D eigenvalue weighted by molar-refractivity contribution is -0.121. The van der Waals surface area contributed by atoms with E-state index >= 15 is 0 Å².